The zero-order valence-electron chi connectivity index (χ0n) is 13.9. The number of carboxylic acid groups (broad SMARTS) is 1. The van der Waals surface area contributed by atoms with Gasteiger partial charge in [0.1, 0.15) is 0 Å². The summed E-state index contributed by atoms with van der Waals surface area (Å²) < 4.78 is 0. The Morgan fingerprint density at radius 1 is 1.19 bits per heavy atom. The normalized spacial score (nSPS) is 15.5. The van der Waals surface area contributed by atoms with Gasteiger partial charge in [0.15, 0.2) is 0 Å². The second-order valence-corrected chi connectivity index (χ2v) is 6.52. The second-order valence-electron chi connectivity index (χ2n) is 6.52. The predicted octanol–water partition coefficient (Wildman–Crippen LogP) is 2.54. The number of hydrogen-bond donors (Lipinski definition) is 3. The standard InChI is InChI=1S/C16H32N2O3/c1-5-6-7-12(4)9-13(10-15(19)20)18-16(21)14(17)8-11(2)3/h11-14H,5-10,17H2,1-4H3,(H,18,21)(H,19,20). The molecular weight excluding hydrogens is 268 g/mol. The first-order valence-corrected chi connectivity index (χ1v) is 8.03. The monoisotopic (exact) mass is 300 g/mol. The molecule has 0 aliphatic carbocycles. The smallest absolute Gasteiger partial charge is 0.305 e. The van der Waals surface area contributed by atoms with Crippen molar-refractivity contribution >= 4 is 11.9 Å². The lowest BCUT2D eigenvalue weighted by Gasteiger charge is -2.23. The third-order valence-corrected chi connectivity index (χ3v) is 3.57. The number of amides is 1. The fourth-order valence-corrected chi connectivity index (χ4v) is 2.48. The molecule has 21 heavy (non-hydrogen) atoms. The summed E-state index contributed by atoms with van der Waals surface area (Å²) in [4.78, 5) is 23.0. The SMILES string of the molecule is CCCCC(C)CC(CC(=O)O)NC(=O)C(N)CC(C)C. The lowest BCUT2D eigenvalue weighted by Crippen LogP contribution is -2.47. The van der Waals surface area contributed by atoms with Crippen molar-refractivity contribution in [2.24, 2.45) is 17.6 Å². The lowest BCUT2D eigenvalue weighted by molar-refractivity contribution is -0.137. The van der Waals surface area contributed by atoms with E-state index in [9.17, 15) is 9.59 Å². The van der Waals surface area contributed by atoms with Crippen LogP contribution in [-0.4, -0.2) is 29.1 Å². The van der Waals surface area contributed by atoms with E-state index in [1.807, 2.05) is 13.8 Å². The third-order valence-electron chi connectivity index (χ3n) is 3.57. The van der Waals surface area contributed by atoms with Gasteiger partial charge in [-0.1, -0.05) is 47.0 Å². The van der Waals surface area contributed by atoms with E-state index in [4.69, 9.17) is 10.8 Å². The molecule has 0 aromatic rings. The molecule has 0 spiro atoms. The van der Waals surface area contributed by atoms with Crippen LogP contribution in [0, 0.1) is 11.8 Å². The van der Waals surface area contributed by atoms with Crippen LogP contribution < -0.4 is 11.1 Å². The van der Waals surface area contributed by atoms with Crippen molar-refractivity contribution in [2.75, 3.05) is 0 Å². The van der Waals surface area contributed by atoms with Crippen LogP contribution in [0.3, 0.4) is 0 Å². The van der Waals surface area contributed by atoms with Crippen molar-refractivity contribution in [1.29, 1.82) is 0 Å². The maximum Gasteiger partial charge on any atom is 0.305 e. The molecule has 3 atom stereocenters. The highest BCUT2D eigenvalue weighted by Gasteiger charge is 2.22. The molecule has 5 nitrogen and oxygen atoms in total. The number of carbonyl (C=O) groups is 2. The van der Waals surface area contributed by atoms with Gasteiger partial charge in [-0.3, -0.25) is 9.59 Å². The molecule has 1 amide bonds. The van der Waals surface area contributed by atoms with E-state index in [1.165, 1.54) is 0 Å². The minimum Gasteiger partial charge on any atom is -0.481 e. The average molecular weight is 300 g/mol. The van der Waals surface area contributed by atoms with E-state index in [-0.39, 0.29) is 18.4 Å². The predicted molar refractivity (Wildman–Crippen MR) is 84.9 cm³/mol. The van der Waals surface area contributed by atoms with E-state index in [0.29, 0.717) is 24.7 Å². The maximum absolute atomic E-state index is 12.0. The van der Waals surface area contributed by atoms with Gasteiger partial charge in [0.2, 0.25) is 5.91 Å². The molecule has 0 aromatic carbocycles. The van der Waals surface area contributed by atoms with Crippen LogP contribution in [-0.2, 0) is 9.59 Å². The zero-order valence-corrected chi connectivity index (χ0v) is 13.9. The lowest BCUT2D eigenvalue weighted by atomic mass is 9.94. The van der Waals surface area contributed by atoms with Gasteiger partial charge in [0.25, 0.3) is 0 Å². The van der Waals surface area contributed by atoms with Gasteiger partial charge in [-0.2, -0.15) is 0 Å². The third kappa shape index (κ3) is 10.3. The molecule has 0 fully saturated rings. The first kappa shape index (κ1) is 19.9. The highest BCUT2D eigenvalue weighted by Crippen LogP contribution is 2.16. The molecular formula is C16H32N2O3. The van der Waals surface area contributed by atoms with Gasteiger partial charge < -0.3 is 16.2 Å². The number of carboxylic acids is 1. The van der Waals surface area contributed by atoms with Crippen LogP contribution in [0.15, 0.2) is 0 Å². The molecule has 0 aliphatic heterocycles. The first-order chi connectivity index (χ1) is 9.76. The van der Waals surface area contributed by atoms with E-state index >= 15 is 0 Å². The molecule has 3 unspecified atom stereocenters. The average Bonchev–Trinajstić information content (AvgIpc) is 2.34. The van der Waals surface area contributed by atoms with Crippen LogP contribution in [0.1, 0.15) is 66.2 Å². The highest BCUT2D eigenvalue weighted by atomic mass is 16.4. The number of carbonyl (C=O) groups excluding carboxylic acids is 1. The molecule has 0 bridgehead atoms. The number of nitrogens with two attached hydrogens (primary N) is 1. The first-order valence-electron chi connectivity index (χ1n) is 8.03. The van der Waals surface area contributed by atoms with Crippen LogP contribution in [0.2, 0.25) is 0 Å². The Morgan fingerprint density at radius 2 is 1.81 bits per heavy atom. The summed E-state index contributed by atoms with van der Waals surface area (Å²) in [7, 11) is 0. The van der Waals surface area contributed by atoms with Crippen LogP contribution in [0.5, 0.6) is 0 Å². The second kappa shape index (κ2) is 10.6. The molecule has 0 aromatic heterocycles. The number of nitrogens with one attached hydrogen (secondary N) is 1. The van der Waals surface area contributed by atoms with Crippen molar-refractivity contribution in [3.05, 3.63) is 0 Å². The van der Waals surface area contributed by atoms with E-state index in [0.717, 1.165) is 19.3 Å². The van der Waals surface area contributed by atoms with E-state index in [2.05, 4.69) is 19.2 Å². The number of rotatable bonds is 11. The molecule has 0 saturated carbocycles. The Balaban J connectivity index is 4.46. The van der Waals surface area contributed by atoms with Gasteiger partial charge in [-0.15, -0.1) is 0 Å². The zero-order chi connectivity index (χ0) is 16.4. The van der Waals surface area contributed by atoms with Crippen molar-refractivity contribution in [2.45, 2.75) is 78.3 Å². The molecule has 0 rings (SSSR count). The van der Waals surface area contributed by atoms with Gasteiger partial charge in [-0.05, 0) is 24.7 Å². The number of hydrogen-bond acceptors (Lipinski definition) is 3. The topological polar surface area (TPSA) is 92.4 Å². The molecule has 0 aliphatic rings. The minimum absolute atomic E-state index is 0.0450. The largest absolute Gasteiger partial charge is 0.481 e. The summed E-state index contributed by atoms with van der Waals surface area (Å²) in [6.45, 7) is 8.25. The number of aliphatic carboxylic acids is 1. The Bertz CT molecular complexity index is 319. The fourth-order valence-electron chi connectivity index (χ4n) is 2.48. The molecule has 0 heterocycles. The number of unbranched alkanes of at least 4 members (excludes halogenated alkanes) is 1. The van der Waals surface area contributed by atoms with Gasteiger partial charge in [0.05, 0.1) is 12.5 Å². The minimum atomic E-state index is -0.888. The van der Waals surface area contributed by atoms with Gasteiger partial charge in [-0.25, -0.2) is 0 Å². The Kier molecular flexibility index (Phi) is 10.0. The van der Waals surface area contributed by atoms with Crippen LogP contribution in [0.25, 0.3) is 0 Å². The van der Waals surface area contributed by atoms with Crippen LogP contribution >= 0.6 is 0 Å². The quantitative estimate of drug-likeness (QED) is 0.546. The summed E-state index contributed by atoms with van der Waals surface area (Å²) in [5.74, 6) is -0.388. The molecule has 0 radical (unpaired) electrons. The Morgan fingerprint density at radius 3 is 2.29 bits per heavy atom. The van der Waals surface area contributed by atoms with Gasteiger partial charge in [0, 0.05) is 6.04 Å². The summed E-state index contributed by atoms with van der Waals surface area (Å²) >= 11 is 0. The summed E-state index contributed by atoms with van der Waals surface area (Å²) in [6, 6.07) is -0.896. The highest BCUT2D eigenvalue weighted by molar-refractivity contribution is 5.82. The molecule has 124 valence electrons. The maximum atomic E-state index is 12.0. The van der Waals surface area contributed by atoms with Crippen LogP contribution in [0.4, 0.5) is 0 Å². The van der Waals surface area contributed by atoms with Crippen molar-refractivity contribution < 1.29 is 14.7 Å². The fraction of sp³-hybridized carbons (Fsp3) is 0.875. The Labute approximate surface area is 128 Å². The summed E-state index contributed by atoms with van der Waals surface area (Å²) in [6.07, 6.45) is 4.56. The van der Waals surface area contributed by atoms with E-state index < -0.39 is 12.0 Å². The molecule has 4 N–H and O–H groups in total. The van der Waals surface area contributed by atoms with Crippen molar-refractivity contribution in [1.82, 2.24) is 5.32 Å². The summed E-state index contributed by atoms with van der Waals surface area (Å²) in [5, 5.41) is 11.8. The van der Waals surface area contributed by atoms with E-state index in [1.54, 1.807) is 0 Å². The van der Waals surface area contributed by atoms with Gasteiger partial charge >= 0.3 is 5.97 Å². The molecule has 5 heteroatoms. The molecule has 0 saturated heterocycles. The van der Waals surface area contributed by atoms with Crippen molar-refractivity contribution in [3.63, 3.8) is 0 Å². The van der Waals surface area contributed by atoms with Crippen molar-refractivity contribution in [3.8, 4) is 0 Å². The Hall–Kier alpha value is -1.10. The summed E-state index contributed by atoms with van der Waals surface area (Å²) in [5.41, 5.74) is 5.85.